The van der Waals surface area contributed by atoms with Crippen molar-refractivity contribution in [3.63, 3.8) is 0 Å². The zero-order valence-corrected chi connectivity index (χ0v) is 10.8. The summed E-state index contributed by atoms with van der Waals surface area (Å²) in [7, 11) is 0. The normalized spacial score (nSPS) is 15.0. The summed E-state index contributed by atoms with van der Waals surface area (Å²) in [6, 6.07) is 0. The monoisotopic (exact) mass is 402 g/mol. The second-order valence-electron chi connectivity index (χ2n) is 1.43. The maximum absolute atomic E-state index is 3.34. The molecule has 0 aromatic heterocycles. The minimum absolute atomic E-state index is 2.54. The Labute approximate surface area is 70.7 Å². The molecule has 0 aliphatic carbocycles. The first-order valence-corrected chi connectivity index (χ1v) is 9.82. The van der Waals surface area contributed by atoms with E-state index in [2.05, 4.69) is 68.7 Å². The van der Waals surface area contributed by atoms with E-state index in [1.54, 1.807) is 0 Å². The molecule has 0 aromatic carbocycles. The van der Waals surface area contributed by atoms with E-state index in [0.717, 1.165) is 0 Å². The van der Waals surface area contributed by atoms with Crippen molar-refractivity contribution in [2.45, 2.75) is 0 Å². The molecule has 0 amide bonds. The van der Waals surface area contributed by atoms with E-state index >= 15 is 0 Å². The van der Waals surface area contributed by atoms with Crippen molar-refractivity contribution in [1.82, 2.24) is 0 Å². The summed E-state index contributed by atoms with van der Waals surface area (Å²) in [6.45, 7) is 0. The van der Waals surface area contributed by atoms with E-state index in [0.29, 0.717) is 0 Å². The third-order valence-electron chi connectivity index (χ3n) is 0. The van der Waals surface area contributed by atoms with E-state index in [1.807, 2.05) is 0 Å². The summed E-state index contributed by atoms with van der Waals surface area (Å²) < 4.78 is -2.54. The van der Waals surface area contributed by atoms with Gasteiger partial charge in [-0.3, -0.25) is 0 Å². The van der Waals surface area contributed by atoms with Gasteiger partial charge in [0.1, 0.15) is 0 Å². The van der Waals surface area contributed by atoms with E-state index in [4.69, 9.17) is 0 Å². The van der Waals surface area contributed by atoms with Gasteiger partial charge in [0.2, 0.25) is 0 Å². The van der Waals surface area contributed by atoms with Gasteiger partial charge >= 0.3 is 72.3 Å². The van der Waals surface area contributed by atoms with E-state index in [1.165, 1.54) is 0 Å². The number of hydrogen-bond acceptors (Lipinski definition) is 0. The molecule has 6 heavy (non-hydrogen) atoms. The third-order valence-corrected chi connectivity index (χ3v) is 0. The van der Waals surface area contributed by atoms with Crippen LogP contribution in [-0.4, -0.2) is 3.53 Å². The van der Waals surface area contributed by atoms with Gasteiger partial charge in [0.05, 0.1) is 0 Å². The summed E-state index contributed by atoms with van der Waals surface area (Å²) in [4.78, 5) is 0. The van der Waals surface area contributed by atoms with Crippen molar-refractivity contribution in [2.75, 3.05) is 0 Å². The fourth-order valence-electron chi connectivity index (χ4n) is 0. The van der Waals surface area contributed by atoms with Crippen molar-refractivity contribution in [3.8, 4) is 0 Å². The Kier molecular flexibility index (Phi) is 3.48. The fourth-order valence-corrected chi connectivity index (χ4v) is 0. The Bertz CT molecular complexity index is 37.1. The third kappa shape index (κ3) is 28.0. The maximum atomic E-state index is 3.34. The molecule has 0 saturated carbocycles. The van der Waals surface area contributed by atoms with Crippen LogP contribution in [0.5, 0.6) is 0 Å². The summed E-state index contributed by atoms with van der Waals surface area (Å²) in [5.74, 6) is 0. The van der Waals surface area contributed by atoms with Gasteiger partial charge in [-0.25, -0.2) is 0 Å². The van der Waals surface area contributed by atoms with Crippen LogP contribution >= 0.6 is 68.7 Å². The molecule has 0 aliphatic rings. The number of hydrogen-bond donors (Lipinski definition) is 0. The van der Waals surface area contributed by atoms with Gasteiger partial charge in [0, 0.05) is 0 Å². The van der Waals surface area contributed by atoms with E-state index in [-0.39, 0.29) is 0 Å². The molecule has 0 aliphatic heterocycles. The molecule has 0 saturated heterocycles. The molecule has 0 bridgehead atoms. The van der Waals surface area contributed by atoms with Gasteiger partial charge in [-0.2, -0.15) is 0 Å². The fraction of sp³-hybridized carbons (Fsp3) is 0. The molecule has 36 valence electrons. The van der Waals surface area contributed by atoms with Crippen LogP contribution in [0.15, 0.2) is 0 Å². The van der Waals surface area contributed by atoms with Crippen LogP contribution in [0.1, 0.15) is 0 Å². The Morgan fingerprint density at radius 2 is 0.667 bits per heavy atom. The molecule has 6 heteroatoms. The number of rotatable bonds is 0. The average Bonchev–Trinajstić information content (AvgIpc) is 0.650. The van der Waals surface area contributed by atoms with Crippen molar-refractivity contribution in [3.05, 3.63) is 0 Å². The standard InChI is InChI=1S/5BrH.Li/h5*1H;/q;;;;;+5/p-5. The second kappa shape index (κ2) is 2.32. The SMILES string of the molecule is [Br][Li]([Br])([Br])([Br])[Br]. The van der Waals surface area contributed by atoms with Crippen LogP contribution in [0, 0.1) is 0 Å². The molecule has 0 heterocycles. The van der Waals surface area contributed by atoms with Crippen LogP contribution in [0.2, 0.25) is 0 Å². The summed E-state index contributed by atoms with van der Waals surface area (Å²) in [5.41, 5.74) is 0. The summed E-state index contributed by atoms with van der Waals surface area (Å²) in [5, 5.41) is 0. The molecular weight excluding hydrogens is 406 g/mol. The van der Waals surface area contributed by atoms with Crippen LogP contribution in [-0.2, 0) is 0 Å². The molecule has 0 atom stereocenters. The Morgan fingerprint density at radius 1 is 0.667 bits per heavy atom. The first-order chi connectivity index (χ1) is 2.24. The molecule has 0 nitrogen and oxygen atoms in total. The second-order valence-corrected chi connectivity index (χ2v) is 38.6. The zero-order valence-electron chi connectivity index (χ0n) is 2.89. The van der Waals surface area contributed by atoms with E-state index in [9.17, 15) is 0 Å². The van der Waals surface area contributed by atoms with E-state index < -0.39 is 3.53 Å². The van der Waals surface area contributed by atoms with Crippen LogP contribution in [0.25, 0.3) is 0 Å². The molecule has 0 unspecified atom stereocenters. The molecule has 0 rings (SSSR count). The number of halogens is 5. The predicted octanol–water partition coefficient (Wildman–Crippen LogP) is 3.85. The van der Waals surface area contributed by atoms with Crippen molar-refractivity contribution in [1.29, 1.82) is 0 Å². The van der Waals surface area contributed by atoms with Crippen molar-refractivity contribution < 1.29 is 0 Å². The van der Waals surface area contributed by atoms with Gasteiger partial charge < -0.3 is 0 Å². The molecule has 0 spiro atoms. The molecule has 2 radical (unpaired) electrons. The first-order valence-electron chi connectivity index (χ1n) is 1.89. The van der Waals surface area contributed by atoms with Crippen LogP contribution < -0.4 is 0 Å². The van der Waals surface area contributed by atoms with Gasteiger partial charge in [0.25, 0.3) is 0 Å². The van der Waals surface area contributed by atoms with Gasteiger partial charge in [-0.1, -0.05) is 0 Å². The minimum atomic E-state index is -2.54. The molecule has 0 aromatic rings. The van der Waals surface area contributed by atoms with Gasteiger partial charge in [-0.15, -0.1) is 0 Å². The zero-order chi connectivity index (χ0) is 5.45. The summed E-state index contributed by atoms with van der Waals surface area (Å²) in [6.07, 6.45) is 0. The predicted molar refractivity (Wildman–Crippen MR) is 50.4 cm³/mol. The molecule has 0 fully saturated rings. The molecule has 0 N–H and O–H groups in total. The summed E-state index contributed by atoms with van der Waals surface area (Å²) >= 11 is 16.7. The van der Waals surface area contributed by atoms with Crippen LogP contribution in [0.4, 0.5) is 0 Å². The Morgan fingerprint density at radius 3 is 0.667 bits per heavy atom. The first kappa shape index (κ1) is 9.00. The van der Waals surface area contributed by atoms with Crippen LogP contribution in [0.3, 0.4) is 0 Å². The van der Waals surface area contributed by atoms with Gasteiger partial charge in [0.15, 0.2) is 0 Å². The molecular formula is Br5Li. The van der Waals surface area contributed by atoms with Crippen molar-refractivity contribution in [2.24, 2.45) is 0 Å². The topological polar surface area (TPSA) is 0 Å². The quantitative estimate of drug-likeness (QED) is 0.536. The average molecular weight is 406 g/mol. The van der Waals surface area contributed by atoms with Gasteiger partial charge in [-0.05, 0) is 0 Å². The Balaban J connectivity index is 3.73. The Hall–Kier alpha value is 3.00. The van der Waals surface area contributed by atoms with Crippen molar-refractivity contribution >= 4 is 72.3 Å².